The molecule has 7 heteroatoms. The normalized spacial score (nSPS) is 18.7. The van der Waals surface area contributed by atoms with Gasteiger partial charge in [0.15, 0.2) is 0 Å². The summed E-state index contributed by atoms with van der Waals surface area (Å²) < 4.78 is 27.0. The molecule has 25 heavy (non-hydrogen) atoms. The maximum Gasteiger partial charge on any atom is 0.243 e. The predicted molar refractivity (Wildman–Crippen MR) is 98.0 cm³/mol. The molecule has 0 aliphatic carbocycles. The van der Waals surface area contributed by atoms with Gasteiger partial charge in [0, 0.05) is 23.8 Å². The van der Waals surface area contributed by atoms with Gasteiger partial charge in [0.25, 0.3) is 0 Å². The molecule has 0 spiro atoms. The van der Waals surface area contributed by atoms with E-state index in [1.54, 1.807) is 24.3 Å². The first kappa shape index (κ1) is 17.9. The highest BCUT2D eigenvalue weighted by molar-refractivity contribution is 7.89. The first-order valence-electron chi connectivity index (χ1n) is 8.08. The molecular formula is C18H19ClN2O3S. The number of benzene rings is 2. The Morgan fingerprint density at radius 3 is 2.60 bits per heavy atom. The van der Waals surface area contributed by atoms with Crippen LogP contribution < -0.4 is 5.32 Å². The Morgan fingerprint density at radius 2 is 1.88 bits per heavy atom. The average molecular weight is 379 g/mol. The van der Waals surface area contributed by atoms with Crippen molar-refractivity contribution in [2.24, 2.45) is 5.92 Å². The Bertz CT molecular complexity index is 856. The van der Waals surface area contributed by atoms with E-state index in [1.165, 1.54) is 16.4 Å². The van der Waals surface area contributed by atoms with Crippen LogP contribution in [0, 0.1) is 5.92 Å². The molecule has 2 aromatic rings. The Morgan fingerprint density at radius 1 is 1.12 bits per heavy atom. The van der Waals surface area contributed by atoms with Crippen LogP contribution in [-0.4, -0.2) is 31.7 Å². The first-order valence-corrected chi connectivity index (χ1v) is 9.90. The smallest absolute Gasteiger partial charge is 0.243 e. The summed E-state index contributed by atoms with van der Waals surface area (Å²) in [5, 5.41) is 3.22. The third-order valence-electron chi connectivity index (χ3n) is 4.23. The molecular weight excluding hydrogens is 360 g/mol. The van der Waals surface area contributed by atoms with Crippen molar-refractivity contribution in [1.29, 1.82) is 0 Å². The van der Waals surface area contributed by atoms with Gasteiger partial charge in [-0.15, -0.1) is 0 Å². The number of hydrogen-bond acceptors (Lipinski definition) is 3. The predicted octanol–water partition coefficient (Wildman–Crippen LogP) is 3.38. The minimum Gasteiger partial charge on any atom is -0.326 e. The number of rotatable bonds is 4. The van der Waals surface area contributed by atoms with E-state index in [4.69, 9.17) is 11.6 Å². The molecule has 1 N–H and O–H groups in total. The standard InChI is InChI=1S/C18H19ClN2O3S/c19-15-7-4-10-17(12-15)25(23,24)21-11-5-6-14(13-21)18(22)20-16-8-2-1-3-9-16/h1-4,7-10,12,14H,5-6,11,13H2,(H,20,22). The fourth-order valence-corrected chi connectivity index (χ4v) is 4.74. The topological polar surface area (TPSA) is 66.5 Å². The van der Waals surface area contributed by atoms with Crippen LogP contribution in [0.25, 0.3) is 0 Å². The van der Waals surface area contributed by atoms with Crippen LogP contribution in [-0.2, 0) is 14.8 Å². The number of para-hydroxylation sites is 1. The number of nitrogens with zero attached hydrogens (tertiary/aromatic N) is 1. The molecule has 1 aliphatic rings. The lowest BCUT2D eigenvalue weighted by molar-refractivity contribution is -0.120. The number of nitrogens with one attached hydrogen (secondary N) is 1. The Hall–Kier alpha value is -1.89. The second-order valence-corrected chi connectivity index (χ2v) is 8.39. The number of carbonyl (C=O) groups is 1. The Kier molecular flexibility index (Phi) is 5.42. The molecule has 1 aliphatic heterocycles. The number of halogens is 1. The summed E-state index contributed by atoms with van der Waals surface area (Å²) in [6.07, 6.45) is 1.31. The van der Waals surface area contributed by atoms with Crippen LogP contribution in [0.2, 0.25) is 5.02 Å². The van der Waals surface area contributed by atoms with E-state index in [-0.39, 0.29) is 23.3 Å². The summed E-state index contributed by atoms with van der Waals surface area (Å²) >= 11 is 5.91. The van der Waals surface area contributed by atoms with Gasteiger partial charge in [-0.2, -0.15) is 4.31 Å². The number of hydrogen-bond donors (Lipinski definition) is 1. The van der Waals surface area contributed by atoms with E-state index < -0.39 is 10.0 Å². The van der Waals surface area contributed by atoms with Gasteiger partial charge in [-0.3, -0.25) is 4.79 Å². The molecule has 1 fully saturated rings. The second-order valence-electron chi connectivity index (χ2n) is 6.01. The van der Waals surface area contributed by atoms with Crippen LogP contribution in [0.1, 0.15) is 12.8 Å². The summed E-state index contributed by atoms with van der Waals surface area (Å²) in [6, 6.07) is 15.4. The van der Waals surface area contributed by atoms with Crippen LogP contribution in [0.15, 0.2) is 59.5 Å². The van der Waals surface area contributed by atoms with Gasteiger partial charge in [-0.1, -0.05) is 35.9 Å². The molecule has 0 aromatic heterocycles. The summed E-state index contributed by atoms with van der Waals surface area (Å²) in [5.41, 5.74) is 0.710. The molecule has 1 atom stereocenters. The summed E-state index contributed by atoms with van der Waals surface area (Å²) in [4.78, 5) is 12.6. The molecule has 5 nitrogen and oxygen atoms in total. The van der Waals surface area contributed by atoms with Crippen LogP contribution >= 0.6 is 11.6 Å². The minimum absolute atomic E-state index is 0.155. The van der Waals surface area contributed by atoms with Gasteiger partial charge >= 0.3 is 0 Å². The van der Waals surface area contributed by atoms with E-state index in [0.717, 1.165) is 0 Å². The molecule has 1 unspecified atom stereocenters. The van der Waals surface area contributed by atoms with Crippen molar-refractivity contribution in [2.45, 2.75) is 17.7 Å². The van der Waals surface area contributed by atoms with Crippen molar-refractivity contribution in [1.82, 2.24) is 4.31 Å². The van der Waals surface area contributed by atoms with Gasteiger partial charge in [0.05, 0.1) is 10.8 Å². The number of piperidine rings is 1. The Balaban J connectivity index is 1.73. The van der Waals surface area contributed by atoms with Crippen molar-refractivity contribution in [3.63, 3.8) is 0 Å². The largest absolute Gasteiger partial charge is 0.326 e. The zero-order chi connectivity index (χ0) is 17.9. The summed E-state index contributed by atoms with van der Waals surface area (Å²) in [6.45, 7) is 0.581. The maximum atomic E-state index is 12.8. The van der Waals surface area contributed by atoms with Gasteiger partial charge in [-0.25, -0.2) is 8.42 Å². The van der Waals surface area contributed by atoms with E-state index in [9.17, 15) is 13.2 Å². The van der Waals surface area contributed by atoms with Crippen LogP contribution in [0.3, 0.4) is 0 Å². The molecule has 0 bridgehead atoms. The van der Waals surface area contributed by atoms with Gasteiger partial charge in [-0.05, 0) is 43.2 Å². The lowest BCUT2D eigenvalue weighted by Gasteiger charge is -2.31. The van der Waals surface area contributed by atoms with Gasteiger partial charge < -0.3 is 5.32 Å². The van der Waals surface area contributed by atoms with E-state index in [0.29, 0.717) is 30.1 Å². The van der Waals surface area contributed by atoms with E-state index >= 15 is 0 Å². The average Bonchev–Trinajstić information content (AvgIpc) is 2.62. The first-order chi connectivity index (χ1) is 12.0. The fourth-order valence-electron chi connectivity index (χ4n) is 2.92. The SMILES string of the molecule is O=C(Nc1ccccc1)C1CCCN(S(=O)(=O)c2cccc(Cl)c2)C1. The lowest BCUT2D eigenvalue weighted by atomic mass is 9.99. The zero-order valence-electron chi connectivity index (χ0n) is 13.6. The molecule has 0 saturated carbocycles. The number of amides is 1. The molecule has 3 rings (SSSR count). The van der Waals surface area contributed by atoms with Crippen molar-refractivity contribution in [3.05, 3.63) is 59.6 Å². The van der Waals surface area contributed by atoms with Crippen LogP contribution in [0.5, 0.6) is 0 Å². The highest BCUT2D eigenvalue weighted by Crippen LogP contribution is 2.26. The zero-order valence-corrected chi connectivity index (χ0v) is 15.1. The molecule has 0 radical (unpaired) electrons. The Labute approximate surface area is 152 Å². The highest BCUT2D eigenvalue weighted by Gasteiger charge is 2.33. The van der Waals surface area contributed by atoms with Crippen molar-refractivity contribution in [2.75, 3.05) is 18.4 Å². The third kappa shape index (κ3) is 4.21. The number of carbonyl (C=O) groups excluding carboxylic acids is 1. The van der Waals surface area contributed by atoms with E-state index in [2.05, 4.69) is 5.32 Å². The fraction of sp³-hybridized carbons (Fsp3) is 0.278. The second kappa shape index (κ2) is 7.56. The van der Waals surface area contributed by atoms with Gasteiger partial charge in [0.2, 0.25) is 15.9 Å². The molecule has 1 amide bonds. The molecule has 1 heterocycles. The monoisotopic (exact) mass is 378 g/mol. The maximum absolute atomic E-state index is 12.8. The van der Waals surface area contributed by atoms with Crippen molar-refractivity contribution < 1.29 is 13.2 Å². The van der Waals surface area contributed by atoms with Crippen molar-refractivity contribution >= 4 is 33.2 Å². The van der Waals surface area contributed by atoms with Gasteiger partial charge in [0.1, 0.15) is 0 Å². The molecule has 2 aromatic carbocycles. The third-order valence-corrected chi connectivity index (χ3v) is 6.33. The highest BCUT2D eigenvalue weighted by atomic mass is 35.5. The molecule has 1 saturated heterocycles. The number of anilines is 1. The lowest BCUT2D eigenvalue weighted by Crippen LogP contribution is -2.43. The molecule has 132 valence electrons. The summed E-state index contributed by atoms with van der Waals surface area (Å²) in [7, 11) is -3.65. The van der Waals surface area contributed by atoms with Crippen molar-refractivity contribution in [3.8, 4) is 0 Å². The number of sulfonamides is 1. The minimum atomic E-state index is -3.65. The summed E-state index contributed by atoms with van der Waals surface area (Å²) in [5.74, 6) is -0.528. The quantitative estimate of drug-likeness (QED) is 0.886. The van der Waals surface area contributed by atoms with Crippen LogP contribution in [0.4, 0.5) is 5.69 Å². The van der Waals surface area contributed by atoms with E-state index in [1.807, 2.05) is 18.2 Å².